The zero-order valence-electron chi connectivity index (χ0n) is 20.8. The van der Waals surface area contributed by atoms with Crippen molar-refractivity contribution in [3.8, 4) is 17.1 Å². The Morgan fingerprint density at radius 3 is 2.19 bits per heavy atom. The van der Waals surface area contributed by atoms with Crippen molar-refractivity contribution in [3.63, 3.8) is 0 Å². The molecule has 0 unspecified atom stereocenters. The molecule has 0 spiro atoms. The lowest BCUT2D eigenvalue weighted by Crippen LogP contribution is -2.50. The largest absolute Gasteiger partial charge is 0.484 e. The van der Waals surface area contributed by atoms with E-state index in [1.54, 1.807) is 29.2 Å². The Bertz CT molecular complexity index is 1240. The van der Waals surface area contributed by atoms with Gasteiger partial charge in [0.25, 0.3) is 5.91 Å². The highest BCUT2D eigenvalue weighted by atomic mass is 35.5. The Balaban J connectivity index is 1.48. The van der Waals surface area contributed by atoms with Crippen molar-refractivity contribution in [2.24, 2.45) is 0 Å². The van der Waals surface area contributed by atoms with Crippen LogP contribution in [0.1, 0.15) is 36.6 Å². The third kappa shape index (κ3) is 6.33. The van der Waals surface area contributed by atoms with Gasteiger partial charge in [0, 0.05) is 48.0 Å². The number of halogens is 4. The number of benzene rings is 2. The monoisotopic (exact) mass is 532 g/mol. The fraction of sp³-hybridized carbons (Fsp3) is 0.370. The second-order valence-corrected chi connectivity index (χ2v) is 9.65. The van der Waals surface area contributed by atoms with Crippen molar-refractivity contribution >= 4 is 23.3 Å². The molecule has 0 bridgehead atoms. The zero-order valence-corrected chi connectivity index (χ0v) is 21.6. The lowest BCUT2D eigenvalue weighted by atomic mass is 10.0. The molecule has 3 aromatic rings. The Morgan fingerprint density at radius 2 is 1.62 bits per heavy atom. The van der Waals surface area contributed by atoms with E-state index in [0.29, 0.717) is 48.3 Å². The standard InChI is InChI=1S/C27H28ClF3N4O2/c1-17(2)24-18(3)32-25(19-4-6-20(7-5-19)27(29,30)31)33-26(24)35-14-12-34(13-15-35)23(36)16-37-22-10-8-21(28)9-11-22/h4-11,17H,12-16H2,1-3H3. The second kappa shape index (κ2) is 11.0. The Hall–Kier alpha value is -3.33. The molecule has 0 aliphatic carbocycles. The molecule has 0 saturated carbocycles. The van der Waals surface area contributed by atoms with Crippen molar-refractivity contribution in [3.05, 3.63) is 70.4 Å². The van der Waals surface area contributed by atoms with E-state index in [4.69, 9.17) is 21.3 Å². The normalized spacial score (nSPS) is 14.3. The van der Waals surface area contributed by atoms with Crippen molar-refractivity contribution in [1.82, 2.24) is 14.9 Å². The number of hydrogen-bond donors (Lipinski definition) is 0. The van der Waals surface area contributed by atoms with Gasteiger partial charge in [-0.15, -0.1) is 0 Å². The van der Waals surface area contributed by atoms with Crippen LogP contribution in [0.3, 0.4) is 0 Å². The van der Waals surface area contributed by atoms with E-state index in [1.165, 1.54) is 12.1 Å². The summed E-state index contributed by atoms with van der Waals surface area (Å²) in [4.78, 5) is 26.0. The maximum Gasteiger partial charge on any atom is 0.416 e. The number of carbonyl (C=O) groups excluding carboxylic acids is 1. The molecule has 1 fully saturated rings. The number of hydrogen-bond acceptors (Lipinski definition) is 5. The van der Waals surface area contributed by atoms with Crippen LogP contribution in [0.25, 0.3) is 11.4 Å². The van der Waals surface area contributed by atoms with E-state index in [9.17, 15) is 18.0 Å². The van der Waals surface area contributed by atoms with Gasteiger partial charge in [-0.05, 0) is 49.2 Å². The summed E-state index contributed by atoms with van der Waals surface area (Å²) >= 11 is 5.88. The van der Waals surface area contributed by atoms with Gasteiger partial charge in [0.05, 0.1) is 5.56 Å². The van der Waals surface area contributed by atoms with Crippen LogP contribution in [-0.2, 0) is 11.0 Å². The molecular weight excluding hydrogens is 505 g/mol. The molecule has 10 heteroatoms. The molecule has 1 saturated heterocycles. The average molecular weight is 533 g/mol. The molecule has 0 atom stereocenters. The van der Waals surface area contributed by atoms with Crippen LogP contribution in [-0.4, -0.2) is 53.6 Å². The summed E-state index contributed by atoms with van der Waals surface area (Å²) in [5, 5.41) is 0.594. The molecule has 1 aliphatic rings. The van der Waals surface area contributed by atoms with Crippen LogP contribution in [0, 0.1) is 6.92 Å². The van der Waals surface area contributed by atoms with Crippen LogP contribution in [0.15, 0.2) is 48.5 Å². The lowest BCUT2D eigenvalue weighted by molar-refractivity contribution is -0.137. The molecule has 6 nitrogen and oxygen atoms in total. The molecule has 4 rings (SSSR count). The minimum atomic E-state index is -4.40. The van der Waals surface area contributed by atoms with E-state index in [0.717, 1.165) is 29.2 Å². The topological polar surface area (TPSA) is 58.6 Å². The molecule has 0 radical (unpaired) electrons. The molecule has 0 N–H and O–H groups in total. The fourth-order valence-corrected chi connectivity index (χ4v) is 4.48. The van der Waals surface area contributed by atoms with E-state index < -0.39 is 11.7 Å². The predicted octanol–water partition coefficient (Wildman–Crippen LogP) is 5.98. The number of alkyl halides is 3. The number of amides is 1. The van der Waals surface area contributed by atoms with Gasteiger partial charge in [-0.1, -0.05) is 37.6 Å². The summed E-state index contributed by atoms with van der Waals surface area (Å²) < 4.78 is 44.6. The first-order valence-corrected chi connectivity index (χ1v) is 12.4. The predicted molar refractivity (Wildman–Crippen MR) is 137 cm³/mol. The molecular formula is C27H28ClF3N4O2. The van der Waals surface area contributed by atoms with Crippen LogP contribution in [0.2, 0.25) is 5.02 Å². The first-order valence-electron chi connectivity index (χ1n) is 12.0. The number of nitrogens with zero attached hydrogens (tertiary/aromatic N) is 4. The number of aromatic nitrogens is 2. The first-order chi connectivity index (χ1) is 17.5. The fourth-order valence-electron chi connectivity index (χ4n) is 4.36. The Kier molecular flexibility index (Phi) is 7.92. The van der Waals surface area contributed by atoms with Crippen LogP contribution in [0.4, 0.5) is 19.0 Å². The van der Waals surface area contributed by atoms with Crippen molar-refractivity contribution in [2.45, 2.75) is 32.9 Å². The zero-order chi connectivity index (χ0) is 26.7. The molecule has 2 aromatic carbocycles. The van der Waals surface area contributed by atoms with Gasteiger partial charge in [-0.3, -0.25) is 4.79 Å². The summed E-state index contributed by atoms with van der Waals surface area (Å²) in [5.74, 6) is 1.74. The SMILES string of the molecule is Cc1nc(-c2ccc(C(F)(F)F)cc2)nc(N2CCN(C(=O)COc3ccc(Cl)cc3)CC2)c1C(C)C. The van der Waals surface area contributed by atoms with Gasteiger partial charge in [0.15, 0.2) is 12.4 Å². The summed E-state index contributed by atoms with van der Waals surface area (Å²) in [6.45, 7) is 8.07. The summed E-state index contributed by atoms with van der Waals surface area (Å²) in [6, 6.07) is 11.7. The minimum Gasteiger partial charge on any atom is -0.484 e. The van der Waals surface area contributed by atoms with E-state index in [2.05, 4.69) is 23.7 Å². The molecule has 1 aromatic heterocycles. The summed E-state index contributed by atoms with van der Waals surface area (Å²) in [7, 11) is 0. The Morgan fingerprint density at radius 1 is 1.00 bits per heavy atom. The smallest absolute Gasteiger partial charge is 0.416 e. The molecule has 1 amide bonds. The number of carbonyl (C=O) groups is 1. The average Bonchev–Trinajstić information content (AvgIpc) is 2.87. The van der Waals surface area contributed by atoms with E-state index in [-0.39, 0.29) is 18.4 Å². The number of anilines is 1. The molecule has 1 aliphatic heterocycles. The van der Waals surface area contributed by atoms with Gasteiger partial charge >= 0.3 is 6.18 Å². The van der Waals surface area contributed by atoms with Crippen LogP contribution in [0.5, 0.6) is 5.75 Å². The van der Waals surface area contributed by atoms with E-state index in [1.807, 2.05) is 6.92 Å². The Labute approximate surface area is 219 Å². The van der Waals surface area contributed by atoms with Crippen LogP contribution >= 0.6 is 11.6 Å². The highest BCUT2D eigenvalue weighted by molar-refractivity contribution is 6.30. The highest BCUT2D eigenvalue weighted by Gasteiger charge is 2.30. The van der Waals surface area contributed by atoms with Crippen molar-refractivity contribution < 1.29 is 22.7 Å². The second-order valence-electron chi connectivity index (χ2n) is 9.21. The highest BCUT2D eigenvalue weighted by Crippen LogP contribution is 2.33. The first kappa shape index (κ1) is 26.7. The third-order valence-corrected chi connectivity index (χ3v) is 6.52. The van der Waals surface area contributed by atoms with Gasteiger partial charge in [-0.2, -0.15) is 13.2 Å². The minimum absolute atomic E-state index is 0.0659. The molecule has 37 heavy (non-hydrogen) atoms. The van der Waals surface area contributed by atoms with E-state index >= 15 is 0 Å². The van der Waals surface area contributed by atoms with Crippen molar-refractivity contribution in [2.75, 3.05) is 37.7 Å². The lowest BCUT2D eigenvalue weighted by Gasteiger charge is -2.37. The number of ether oxygens (including phenoxy) is 1. The van der Waals surface area contributed by atoms with Crippen LogP contribution < -0.4 is 9.64 Å². The molecule has 196 valence electrons. The maximum absolute atomic E-state index is 13.0. The number of rotatable bonds is 6. The van der Waals surface area contributed by atoms with Gasteiger partial charge in [0.1, 0.15) is 11.6 Å². The number of aryl methyl sites for hydroxylation is 1. The van der Waals surface area contributed by atoms with Crippen molar-refractivity contribution in [1.29, 1.82) is 0 Å². The number of piperazine rings is 1. The summed E-state index contributed by atoms with van der Waals surface area (Å²) in [6.07, 6.45) is -4.40. The van der Waals surface area contributed by atoms with Gasteiger partial charge in [-0.25, -0.2) is 9.97 Å². The molecule has 2 heterocycles. The summed E-state index contributed by atoms with van der Waals surface area (Å²) in [5.41, 5.74) is 1.57. The van der Waals surface area contributed by atoms with Gasteiger partial charge < -0.3 is 14.5 Å². The van der Waals surface area contributed by atoms with Gasteiger partial charge in [0.2, 0.25) is 0 Å². The maximum atomic E-state index is 13.0. The quantitative estimate of drug-likeness (QED) is 0.391. The third-order valence-electron chi connectivity index (χ3n) is 6.27.